The maximum Gasteiger partial charge on any atom is 2.00 e. The van der Waals surface area contributed by atoms with E-state index in [9.17, 15) is 2.74 Å². The van der Waals surface area contributed by atoms with E-state index in [1.807, 2.05) is 58.2 Å². The molecule has 0 N–H and O–H groups in total. The fourth-order valence-corrected chi connectivity index (χ4v) is 7.77. The number of pyridine rings is 2. The van der Waals surface area contributed by atoms with Crippen molar-refractivity contribution in [2.24, 2.45) is 4.99 Å². The number of benzene rings is 3. The molecule has 0 amide bonds. The molecule has 2 atom stereocenters. The molecule has 4 heterocycles. The van der Waals surface area contributed by atoms with Crippen molar-refractivity contribution in [2.75, 3.05) is 4.90 Å². The maximum absolute atomic E-state index is 9.38. The molecule has 0 fully saturated rings. The molecule has 2 aliphatic heterocycles. The quantitative estimate of drug-likeness (QED) is 0.165. The number of ether oxygens (including phenoxy) is 2. The zero-order valence-corrected chi connectivity index (χ0v) is 34.7. The molecule has 2 aromatic heterocycles. The van der Waals surface area contributed by atoms with E-state index < -0.39 is 17.5 Å². The van der Waals surface area contributed by atoms with Gasteiger partial charge in [0.15, 0.2) is 0 Å². The van der Waals surface area contributed by atoms with Gasteiger partial charge in [0.25, 0.3) is 0 Å². The van der Waals surface area contributed by atoms with Crippen molar-refractivity contribution in [1.82, 2.24) is 9.97 Å². The largest absolute Gasteiger partial charge is 2.00 e. The first kappa shape index (κ1) is 34.5. The molecule has 3 aliphatic rings. The number of fused-ring (bicyclic) bond motifs is 5. The topological polar surface area (TPSA) is 59.8 Å². The third-order valence-corrected chi connectivity index (χ3v) is 11.4. The van der Waals surface area contributed by atoms with Crippen LogP contribution >= 0.6 is 0 Å². The second-order valence-corrected chi connectivity index (χ2v) is 16.7. The summed E-state index contributed by atoms with van der Waals surface area (Å²) in [5.74, 6) is 2.10. The molecule has 8 rings (SSSR count). The molecule has 0 saturated heterocycles. The van der Waals surface area contributed by atoms with Gasteiger partial charge in [-0.05, 0) is 102 Å². The van der Waals surface area contributed by atoms with Gasteiger partial charge in [-0.1, -0.05) is 90.6 Å². The molecule has 0 unspecified atom stereocenters. The summed E-state index contributed by atoms with van der Waals surface area (Å²) in [7, 11) is 0. The molecular formula is C46H48N4O2Pt. The molecule has 274 valence electrons. The van der Waals surface area contributed by atoms with E-state index >= 15 is 0 Å². The van der Waals surface area contributed by atoms with E-state index in [1.165, 1.54) is 11.1 Å². The summed E-state index contributed by atoms with van der Waals surface area (Å²) in [6, 6.07) is 29.7. The number of hydrogen-bond acceptors (Lipinski definition) is 6. The van der Waals surface area contributed by atoms with Gasteiger partial charge in [0.1, 0.15) is 22.9 Å². The average molecular weight is 886 g/mol. The van der Waals surface area contributed by atoms with Crippen LogP contribution in [-0.2, 0) is 48.5 Å². The van der Waals surface area contributed by atoms with E-state index in [4.69, 9.17) is 24.4 Å². The maximum atomic E-state index is 9.38. The number of rotatable bonds is 5. The van der Waals surface area contributed by atoms with E-state index in [0.29, 0.717) is 22.8 Å². The van der Waals surface area contributed by atoms with Crippen molar-refractivity contribution in [1.29, 1.82) is 0 Å². The van der Waals surface area contributed by atoms with Crippen molar-refractivity contribution in [3.05, 3.63) is 135 Å². The average Bonchev–Trinajstić information content (AvgIpc) is 3.47. The Kier molecular flexibility index (Phi) is 8.23. The Morgan fingerprint density at radius 3 is 2.38 bits per heavy atom. The van der Waals surface area contributed by atoms with Gasteiger partial charge < -0.3 is 14.4 Å². The molecule has 0 saturated carbocycles. The Labute approximate surface area is 332 Å². The van der Waals surface area contributed by atoms with E-state index in [2.05, 4.69) is 108 Å². The van der Waals surface area contributed by atoms with Crippen LogP contribution in [0.2, 0.25) is 0 Å². The first-order chi connectivity index (χ1) is 25.3. The summed E-state index contributed by atoms with van der Waals surface area (Å²) in [5.41, 5.74) is 7.44. The van der Waals surface area contributed by atoms with Crippen LogP contribution in [-0.4, -0.2) is 21.5 Å². The predicted molar refractivity (Wildman–Crippen MR) is 209 cm³/mol. The molecule has 7 heteroatoms. The second-order valence-electron chi connectivity index (χ2n) is 16.7. The zero-order valence-electron chi connectivity index (χ0n) is 34.4. The number of hydrogen-bond donors (Lipinski definition) is 0. The molecule has 5 aromatic rings. The van der Waals surface area contributed by atoms with E-state index in [0.717, 1.165) is 45.1 Å². The monoisotopic (exact) mass is 885 g/mol. The standard InChI is InChI=1S/C46H48N4O2.Pt/c1-27(2)37-23-32(24-38(48-37)42-49-46(11)34-18-16-28(3)29(4)33(34)26-45(46,10)52-42)51-31-17-19-36-40(25-31)50(39-15-13-12-14-35(39)44(36,8)9)41-22-30(20-21-47-41)43(5,6)7;/h12-23,27H,26H2,1-11H3;/q-2;+2/t45-,46+;/m0./s1/i26D2;. The van der Waals surface area contributed by atoms with Crippen molar-refractivity contribution in [3.63, 3.8) is 0 Å². The summed E-state index contributed by atoms with van der Waals surface area (Å²) < 4.78 is 32.0. The van der Waals surface area contributed by atoms with Gasteiger partial charge in [-0.25, -0.2) is 4.98 Å². The van der Waals surface area contributed by atoms with Crippen LogP contribution in [0.3, 0.4) is 0 Å². The Hall–Kier alpha value is -4.28. The Balaban J connectivity index is 0.00000465. The number of aromatic nitrogens is 2. The van der Waals surface area contributed by atoms with Gasteiger partial charge in [-0.15, -0.1) is 23.8 Å². The molecule has 0 spiro atoms. The number of aliphatic imine (C=N–C) groups is 1. The minimum atomic E-state index is -1.80. The van der Waals surface area contributed by atoms with Crippen molar-refractivity contribution in [2.45, 2.75) is 110 Å². The van der Waals surface area contributed by atoms with Gasteiger partial charge in [0, 0.05) is 38.2 Å². The smallest absolute Gasteiger partial charge is 0.524 e. The Bertz CT molecular complexity index is 2400. The van der Waals surface area contributed by atoms with Gasteiger partial charge in [-0.2, -0.15) is 6.07 Å². The molecule has 3 aromatic carbocycles. The first-order valence-corrected chi connectivity index (χ1v) is 18.2. The molecule has 53 heavy (non-hydrogen) atoms. The van der Waals surface area contributed by atoms with Gasteiger partial charge in [0.05, 0.1) is 0 Å². The number of anilines is 3. The van der Waals surface area contributed by atoms with Gasteiger partial charge in [-0.3, -0.25) is 9.98 Å². The van der Waals surface area contributed by atoms with Crippen LogP contribution in [0.5, 0.6) is 11.5 Å². The van der Waals surface area contributed by atoms with Crippen LogP contribution in [0.4, 0.5) is 17.2 Å². The Morgan fingerprint density at radius 1 is 0.906 bits per heavy atom. The normalized spacial score (nSPS) is 22.3. The minimum Gasteiger partial charge on any atom is -0.524 e. The van der Waals surface area contributed by atoms with Crippen LogP contribution in [0.15, 0.2) is 77.9 Å². The SMILES string of the molecule is [2H]C1([2H])c2c(ccc(C)c2C)[C@@]2(C)N=C(c3[c-]c(Oc4[c-]c5c(cc4)C(C)(C)c4ccccc4N5c4cc(C(C)(C)C)ccn4)cc(C(C)C)n3)O[C@@]12C.[Pt+2]. The summed E-state index contributed by atoms with van der Waals surface area (Å²) in [6.07, 6.45) is 0.0827. The summed E-state index contributed by atoms with van der Waals surface area (Å²) >= 11 is 0. The zero-order chi connectivity index (χ0) is 38.7. The van der Waals surface area contributed by atoms with Crippen molar-refractivity contribution < 1.29 is 33.3 Å². The Morgan fingerprint density at radius 2 is 1.64 bits per heavy atom. The molecular weight excluding hydrogens is 836 g/mol. The van der Waals surface area contributed by atoms with Crippen molar-refractivity contribution in [3.8, 4) is 11.5 Å². The third-order valence-electron chi connectivity index (χ3n) is 11.4. The van der Waals surface area contributed by atoms with Crippen LogP contribution < -0.4 is 9.64 Å². The van der Waals surface area contributed by atoms with Crippen molar-refractivity contribution >= 4 is 23.1 Å². The number of aryl methyl sites for hydroxylation is 1. The molecule has 6 nitrogen and oxygen atoms in total. The minimum absolute atomic E-state index is 0. The van der Waals surface area contributed by atoms with E-state index in [-0.39, 0.29) is 43.7 Å². The first-order valence-electron chi connectivity index (χ1n) is 19.2. The fraction of sp³-hybridized carbons (Fsp3) is 0.370. The molecule has 1 aliphatic carbocycles. The fourth-order valence-electron chi connectivity index (χ4n) is 7.77. The van der Waals surface area contributed by atoms with Gasteiger partial charge in [0.2, 0.25) is 0 Å². The molecule has 0 bridgehead atoms. The number of nitrogens with zero attached hydrogens (tertiary/aromatic N) is 4. The second kappa shape index (κ2) is 12.7. The van der Waals surface area contributed by atoms with Gasteiger partial charge >= 0.3 is 21.1 Å². The van der Waals surface area contributed by atoms with Crippen LogP contribution in [0.1, 0.15) is 121 Å². The third kappa shape index (κ3) is 5.84. The summed E-state index contributed by atoms with van der Waals surface area (Å²) in [6.45, 7) is 23.0. The van der Waals surface area contributed by atoms with Crippen LogP contribution in [0.25, 0.3) is 0 Å². The summed E-state index contributed by atoms with van der Waals surface area (Å²) in [4.78, 5) is 17.1. The molecule has 0 radical (unpaired) electrons. The predicted octanol–water partition coefficient (Wildman–Crippen LogP) is 11.0. The van der Waals surface area contributed by atoms with E-state index in [1.54, 1.807) is 0 Å². The summed E-state index contributed by atoms with van der Waals surface area (Å²) in [5, 5.41) is 0. The van der Waals surface area contributed by atoms with Crippen LogP contribution in [0, 0.1) is 26.0 Å². The number of para-hydroxylation sites is 1.